The van der Waals surface area contributed by atoms with Crippen LogP contribution in [0.4, 0.5) is 0 Å². The molecular weight excluding hydrogens is 502 g/mol. The van der Waals surface area contributed by atoms with E-state index < -0.39 is 0 Å². The molecule has 7 heterocycles. The average molecular weight is 580 g/mol. The molecule has 0 aromatic rings. The van der Waals surface area contributed by atoms with E-state index in [9.17, 15) is 0 Å². The summed E-state index contributed by atoms with van der Waals surface area (Å²) < 4.78 is 0. The predicted molar refractivity (Wildman–Crippen MR) is 184 cm³/mol. The van der Waals surface area contributed by atoms with Crippen molar-refractivity contribution in [3.8, 4) is 0 Å². The van der Waals surface area contributed by atoms with Gasteiger partial charge in [0.15, 0.2) is 0 Å². The van der Waals surface area contributed by atoms with E-state index in [1.807, 2.05) is 0 Å². The van der Waals surface area contributed by atoms with Crippen LogP contribution in [0.1, 0.15) is 126 Å². The van der Waals surface area contributed by atoms with Crippen LogP contribution < -0.4 is 5.32 Å². The maximum atomic E-state index is 3.55. The second-order valence-corrected chi connectivity index (χ2v) is 14.3. The Bertz CT molecular complexity index is 659. The highest BCUT2D eigenvalue weighted by Gasteiger charge is 2.36. The number of fused-ring (bicyclic) bond motifs is 7. The van der Waals surface area contributed by atoms with Gasteiger partial charge in [-0.1, -0.05) is 36.1 Å². The van der Waals surface area contributed by atoms with Crippen molar-refractivity contribution < 1.29 is 0 Å². The maximum absolute atomic E-state index is 3.55. The SMILES string of the molecule is C.C.C.C.CN1C2CCC1CC2.CN1CC2CCC1CC2.CN1CCC2CCNC2C1.CN1CCCC2CCCC21. The van der Waals surface area contributed by atoms with E-state index in [1.54, 1.807) is 0 Å². The van der Waals surface area contributed by atoms with Crippen molar-refractivity contribution in [2.24, 2.45) is 17.8 Å². The highest BCUT2D eigenvalue weighted by atomic mass is 15.2. The monoisotopic (exact) mass is 580 g/mol. The fourth-order valence-corrected chi connectivity index (χ4v) is 9.39. The van der Waals surface area contributed by atoms with Crippen molar-refractivity contribution in [1.29, 1.82) is 0 Å². The summed E-state index contributed by atoms with van der Waals surface area (Å²) in [5.41, 5.74) is 0. The minimum absolute atomic E-state index is 0. The molecule has 0 radical (unpaired) electrons. The summed E-state index contributed by atoms with van der Waals surface area (Å²) in [6, 6.07) is 4.68. The zero-order valence-corrected chi connectivity index (χ0v) is 25.0. The Morgan fingerprint density at radius 3 is 1.61 bits per heavy atom. The van der Waals surface area contributed by atoms with Crippen molar-refractivity contribution in [3.05, 3.63) is 0 Å². The molecule has 4 unspecified atom stereocenters. The van der Waals surface area contributed by atoms with Crippen molar-refractivity contribution in [2.75, 3.05) is 60.9 Å². The first-order valence-corrected chi connectivity index (χ1v) is 16.5. The topological polar surface area (TPSA) is 25.0 Å². The summed E-state index contributed by atoms with van der Waals surface area (Å²) in [6.45, 7) is 6.56. The molecule has 7 aliphatic heterocycles. The molecule has 4 bridgehead atoms. The third-order valence-corrected chi connectivity index (χ3v) is 12.0. The molecule has 4 atom stereocenters. The first-order valence-electron chi connectivity index (χ1n) is 16.5. The van der Waals surface area contributed by atoms with Gasteiger partial charge in [0.1, 0.15) is 0 Å². The Balaban J connectivity index is 0.000000265. The van der Waals surface area contributed by atoms with Crippen LogP contribution in [0.15, 0.2) is 0 Å². The molecule has 246 valence electrons. The van der Waals surface area contributed by atoms with E-state index in [0.29, 0.717) is 0 Å². The summed E-state index contributed by atoms with van der Waals surface area (Å²) in [7, 11) is 9.06. The fraction of sp³-hybridized carbons (Fsp3) is 1.00. The first-order chi connectivity index (χ1) is 18.0. The minimum atomic E-state index is 0. The Morgan fingerprint density at radius 2 is 1.12 bits per heavy atom. The molecule has 9 fully saturated rings. The number of likely N-dealkylation sites (N-methyl/N-ethyl adjacent to an activating group) is 1. The molecule has 41 heavy (non-hydrogen) atoms. The van der Waals surface area contributed by atoms with Gasteiger partial charge < -0.3 is 24.9 Å². The molecule has 5 heteroatoms. The van der Waals surface area contributed by atoms with Gasteiger partial charge in [-0.25, -0.2) is 0 Å². The van der Waals surface area contributed by atoms with E-state index in [4.69, 9.17) is 0 Å². The molecule has 7 saturated heterocycles. The lowest BCUT2D eigenvalue weighted by atomic mass is 9.80. The lowest BCUT2D eigenvalue weighted by Gasteiger charge is -2.43. The van der Waals surface area contributed by atoms with Gasteiger partial charge in [-0.05, 0) is 155 Å². The van der Waals surface area contributed by atoms with Crippen LogP contribution in [0.5, 0.6) is 0 Å². The lowest BCUT2D eigenvalue weighted by Crippen LogP contribution is -2.45. The molecule has 1 N–H and O–H groups in total. The van der Waals surface area contributed by atoms with Gasteiger partial charge in [-0.3, -0.25) is 0 Å². The van der Waals surface area contributed by atoms with E-state index in [1.165, 1.54) is 129 Å². The molecule has 9 rings (SSSR count). The minimum Gasteiger partial charge on any atom is -0.312 e. The Morgan fingerprint density at radius 1 is 0.512 bits per heavy atom. The van der Waals surface area contributed by atoms with Crippen LogP contribution >= 0.6 is 0 Å². The molecule has 2 saturated carbocycles. The predicted octanol–water partition coefficient (Wildman–Crippen LogP) is 7.46. The summed E-state index contributed by atoms with van der Waals surface area (Å²) in [6.07, 6.45) is 22.1. The molecular formula is C36H77N5. The number of hydrogen-bond donors (Lipinski definition) is 1. The van der Waals surface area contributed by atoms with Crippen molar-refractivity contribution in [2.45, 2.75) is 156 Å². The van der Waals surface area contributed by atoms with Crippen molar-refractivity contribution >= 4 is 0 Å². The van der Waals surface area contributed by atoms with Crippen LogP contribution in [0.25, 0.3) is 0 Å². The third kappa shape index (κ3) is 10.2. The summed E-state index contributed by atoms with van der Waals surface area (Å²) in [5, 5.41) is 3.55. The second-order valence-electron chi connectivity index (χ2n) is 14.3. The third-order valence-electron chi connectivity index (χ3n) is 12.0. The molecule has 5 nitrogen and oxygen atoms in total. The molecule has 0 aromatic heterocycles. The van der Waals surface area contributed by atoms with E-state index in [0.717, 1.165) is 48.0 Å². The van der Waals surface area contributed by atoms with Crippen LogP contribution in [0.2, 0.25) is 0 Å². The number of nitrogens with one attached hydrogen (secondary N) is 1. The lowest BCUT2D eigenvalue weighted by molar-refractivity contribution is 0.0727. The smallest absolute Gasteiger partial charge is 0.0224 e. The quantitative estimate of drug-likeness (QED) is 0.321. The number of hydrogen-bond acceptors (Lipinski definition) is 5. The Labute approximate surface area is 259 Å². The first kappa shape index (κ1) is 38.8. The van der Waals surface area contributed by atoms with Gasteiger partial charge in [-0.15, -0.1) is 0 Å². The van der Waals surface area contributed by atoms with Gasteiger partial charge in [0.25, 0.3) is 0 Å². The van der Waals surface area contributed by atoms with Crippen LogP contribution in [-0.4, -0.2) is 111 Å². The van der Waals surface area contributed by atoms with Crippen molar-refractivity contribution in [1.82, 2.24) is 24.9 Å². The number of piperidine rings is 4. The largest absolute Gasteiger partial charge is 0.312 e. The van der Waals surface area contributed by atoms with Gasteiger partial charge >= 0.3 is 0 Å². The van der Waals surface area contributed by atoms with Crippen LogP contribution in [0.3, 0.4) is 0 Å². The molecule has 0 spiro atoms. The molecule has 0 aromatic carbocycles. The standard InChI is InChI=1S/C9H17N.C8H16N2.C8H15N.C7H13N.4CH4/c1-10-7-3-5-8-4-2-6-9(8)10;1-10-5-3-7-2-4-9-8(7)6-10;1-9-6-7-2-4-8(9)5-3-7;1-8-6-2-3-7(8)5-4-6;;;;/h8-9H,2-7H2,1H3;7-9H,2-6H2,1H3;7-8H,2-6H2,1H3;6-7H,2-5H2,1H3;4*1H4. The fourth-order valence-electron chi connectivity index (χ4n) is 9.39. The molecule has 2 aliphatic carbocycles. The average Bonchev–Trinajstić information content (AvgIpc) is 3.72. The highest BCUT2D eigenvalue weighted by molar-refractivity contribution is 4.92. The molecule has 0 amide bonds. The number of rotatable bonds is 0. The number of nitrogens with zero attached hydrogens (tertiary/aromatic N) is 4. The maximum Gasteiger partial charge on any atom is 0.0224 e. The highest BCUT2D eigenvalue weighted by Crippen LogP contribution is 2.36. The number of likely N-dealkylation sites (tertiary alicyclic amines) is 2. The van der Waals surface area contributed by atoms with Gasteiger partial charge in [0.05, 0.1) is 0 Å². The molecule has 9 aliphatic rings. The van der Waals surface area contributed by atoms with E-state index in [-0.39, 0.29) is 29.7 Å². The van der Waals surface area contributed by atoms with Crippen molar-refractivity contribution in [3.63, 3.8) is 0 Å². The summed E-state index contributed by atoms with van der Waals surface area (Å²) in [5.74, 6) is 3.12. The van der Waals surface area contributed by atoms with E-state index >= 15 is 0 Å². The van der Waals surface area contributed by atoms with E-state index in [2.05, 4.69) is 53.1 Å². The van der Waals surface area contributed by atoms with Crippen LogP contribution in [0, 0.1) is 17.8 Å². The van der Waals surface area contributed by atoms with Crippen LogP contribution in [-0.2, 0) is 0 Å². The Kier molecular flexibility index (Phi) is 17.6. The summed E-state index contributed by atoms with van der Waals surface area (Å²) >= 11 is 0. The Hall–Kier alpha value is -0.200. The zero-order chi connectivity index (χ0) is 25.8. The summed E-state index contributed by atoms with van der Waals surface area (Å²) in [4.78, 5) is 10.1. The van der Waals surface area contributed by atoms with Gasteiger partial charge in [0, 0.05) is 43.3 Å². The van der Waals surface area contributed by atoms with Gasteiger partial charge in [0.2, 0.25) is 0 Å². The van der Waals surface area contributed by atoms with Gasteiger partial charge in [-0.2, -0.15) is 0 Å². The second kappa shape index (κ2) is 18.6. The zero-order valence-electron chi connectivity index (χ0n) is 25.0. The normalized spacial score (nSPS) is 38.9.